The molecule has 0 saturated carbocycles. The number of nitrogens with zero attached hydrogens (tertiary/aromatic N) is 2. The van der Waals surface area contributed by atoms with Crippen molar-refractivity contribution in [3.8, 4) is 5.75 Å². The van der Waals surface area contributed by atoms with Gasteiger partial charge < -0.3 is 20.3 Å². The molecule has 1 aliphatic heterocycles. The second kappa shape index (κ2) is 10.3. The van der Waals surface area contributed by atoms with E-state index >= 15 is 0 Å². The maximum Gasteiger partial charge on any atom is 0.191 e. The first kappa shape index (κ1) is 19.6. The standard InChI is InChI=1S/C20H34N4O/c1-16(2)24-13-10-18(11-14-24)23-20(21-3)22-12-6-8-17-7-5-9-19(15-17)25-4/h5,7,9,15-16,18H,6,8,10-14H2,1-4H3,(H2,21,22,23). The van der Waals surface area contributed by atoms with Crippen molar-refractivity contribution >= 4 is 5.96 Å². The molecule has 0 unspecified atom stereocenters. The summed E-state index contributed by atoms with van der Waals surface area (Å²) in [5.74, 6) is 1.85. The van der Waals surface area contributed by atoms with Crippen molar-refractivity contribution in [1.82, 2.24) is 15.5 Å². The Morgan fingerprint density at radius 3 is 2.72 bits per heavy atom. The third kappa shape index (κ3) is 6.58. The Morgan fingerprint density at radius 1 is 1.32 bits per heavy atom. The molecule has 0 aliphatic carbocycles. The first-order valence-corrected chi connectivity index (χ1v) is 9.46. The lowest BCUT2D eigenvalue weighted by Crippen LogP contribution is -2.50. The predicted molar refractivity (Wildman–Crippen MR) is 106 cm³/mol. The maximum absolute atomic E-state index is 5.28. The molecule has 0 spiro atoms. The van der Waals surface area contributed by atoms with Crippen LogP contribution in [-0.2, 0) is 6.42 Å². The normalized spacial score (nSPS) is 16.9. The minimum Gasteiger partial charge on any atom is -0.497 e. The molecule has 1 saturated heterocycles. The first-order valence-electron chi connectivity index (χ1n) is 9.46. The van der Waals surface area contributed by atoms with Crippen molar-refractivity contribution in [3.63, 3.8) is 0 Å². The highest BCUT2D eigenvalue weighted by Crippen LogP contribution is 2.14. The van der Waals surface area contributed by atoms with Gasteiger partial charge in [-0.2, -0.15) is 0 Å². The van der Waals surface area contributed by atoms with Crippen LogP contribution < -0.4 is 15.4 Å². The summed E-state index contributed by atoms with van der Waals surface area (Å²) in [4.78, 5) is 6.91. The van der Waals surface area contributed by atoms with Gasteiger partial charge in [0.25, 0.3) is 0 Å². The highest BCUT2D eigenvalue weighted by atomic mass is 16.5. The summed E-state index contributed by atoms with van der Waals surface area (Å²) in [6.07, 6.45) is 4.47. The molecule has 5 heteroatoms. The number of aliphatic imine (C=N–C) groups is 1. The zero-order valence-electron chi connectivity index (χ0n) is 16.2. The van der Waals surface area contributed by atoms with Gasteiger partial charge in [-0.25, -0.2) is 0 Å². The Kier molecular flexibility index (Phi) is 8.06. The number of piperidine rings is 1. The highest BCUT2D eigenvalue weighted by molar-refractivity contribution is 5.79. The summed E-state index contributed by atoms with van der Waals surface area (Å²) in [6.45, 7) is 7.80. The molecule has 5 nitrogen and oxygen atoms in total. The summed E-state index contributed by atoms with van der Waals surface area (Å²) in [7, 11) is 3.56. The molecular weight excluding hydrogens is 312 g/mol. The fourth-order valence-electron chi connectivity index (χ4n) is 3.28. The van der Waals surface area contributed by atoms with Crippen molar-refractivity contribution < 1.29 is 4.74 Å². The lowest BCUT2D eigenvalue weighted by molar-refractivity contribution is 0.167. The fraction of sp³-hybridized carbons (Fsp3) is 0.650. The number of likely N-dealkylation sites (tertiary alicyclic amines) is 1. The van der Waals surface area contributed by atoms with Crippen LogP contribution in [0.15, 0.2) is 29.3 Å². The molecule has 0 radical (unpaired) electrons. The van der Waals surface area contributed by atoms with E-state index < -0.39 is 0 Å². The average Bonchev–Trinajstić information content (AvgIpc) is 2.64. The van der Waals surface area contributed by atoms with E-state index in [1.165, 1.54) is 31.5 Å². The molecule has 1 aliphatic rings. The molecule has 0 aromatic heterocycles. The van der Waals surface area contributed by atoms with Crippen LogP contribution in [0.5, 0.6) is 5.75 Å². The Balaban J connectivity index is 1.67. The van der Waals surface area contributed by atoms with E-state index in [1.54, 1.807) is 7.11 Å². The molecule has 25 heavy (non-hydrogen) atoms. The molecule has 1 aromatic carbocycles. The number of rotatable bonds is 7. The van der Waals surface area contributed by atoms with Gasteiger partial charge >= 0.3 is 0 Å². The molecule has 2 rings (SSSR count). The van der Waals surface area contributed by atoms with Gasteiger partial charge in [-0.1, -0.05) is 12.1 Å². The predicted octanol–water partition coefficient (Wildman–Crippen LogP) is 2.67. The van der Waals surface area contributed by atoms with Crippen LogP contribution in [0, 0.1) is 0 Å². The van der Waals surface area contributed by atoms with Crippen LogP contribution in [0.2, 0.25) is 0 Å². The zero-order valence-corrected chi connectivity index (χ0v) is 16.2. The van der Waals surface area contributed by atoms with Gasteiger partial charge in [-0.3, -0.25) is 4.99 Å². The number of guanidine groups is 1. The van der Waals surface area contributed by atoms with Gasteiger partial charge in [0, 0.05) is 38.8 Å². The van der Waals surface area contributed by atoms with E-state index in [-0.39, 0.29) is 0 Å². The summed E-state index contributed by atoms with van der Waals surface area (Å²) < 4.78 is 5.28. The number of ether oxygens (including phenoxy) is 1. The number of nitrogens with one attached hydrogen (secondary N) is 2. The van der Waals surface area contributed by atoms with Crippen molar-refractivity contribution in [3.05, 3.63) is 29.8 Å². The molecular formula is C20H34N4O. The minimum atomic E-state index is 0.527. The maximum atomic E-state index is 5.28. The summed E-state index contributed by atoms with van der Waals surface area (Å²) in [5, 5.41) is 7.02. The molecule has 2 N–H and O–H groups in total. The van der Waals surface area contributed by atoms with E-state index in [0.29, 0.717) is 12.1 Å². The molecule has 1 fully saturated rings. The van der Waals surface area contributed by atoms with Crippen LogP contribution >= 0.6 is 0 Å². The minimum absolute atomic E-state index is 0.527. The second-order valence-corrected chi connectivity index (χ2v) is 7.00. The SMILES string of the molecule is CN=C(NCCCc1cccc(OC)c1)NC1CCN(C(C)C)CC1. The van der Waals surface area contributed by atoms with Crippen LogP contribution in [-0.4, -0.2) is 56.7 Å². The molecule has 140 valence electrons. The van der Waals surface area contributed by atoms with E-state index in [9.17, 15) is 0 Å². The summed E-state index contributed by atoms with van der Waals surface area (Å²) >= 11 is 0. The van der Waals surface area contributed by atoms with Gasteiger partial charge in [0.2, 0.25) is 0 Å². The topological polar surface area (TPSA) is 48.9 Å². The number of hydrogen-bond acceptors (Lipinski definition) is 3. The van der Waals surface area contributed by atoms with E-state index in [4.69, 9.17) is 4.74 Å². The van der Waals surface area contributed by atoms with Crippen molar-refractivity contribution in [1.29, 1.82) is 0 Å². The molecule has 0 bridgehead atoms. The Morgan fingerprint density at radius 2 is 2.08 bits per heavy atom. The first-order chi connectivity index (χ1) is 12.1. The van der Waals surface area contributed by atoms with E-state index in [2.05, 4.69) is 46.5 Å². The smallest absolute Gasteiger partial charge is 0.191 e. The molecule has 0 amide bonds. The van der Waals surface area contributed by atoms with Crippen LogP contribution in [0.1, 0.15) is 38.7 Å². The third-order valence-electron chi connectivity index (χ3n) is 4.89. The quantitative estimate of drug-likeness (QED) is 0.453. The van der Waals surface area contributed by atoms with E-state index in [0.717, 1.165) is 31.1 Å². The van der Waals surface area contributed by atoms with Crippen molar-refractivity contribution in [2.24, 2.45) is 4.99 Å². The van der Waals surface area contributed by atoms with Crippen LogP contribution in [0.25, 0.3) is 0 Å². The van der Waals surface area contributed by atoms with Gasteiger partial charge in [0.1, 0.15) is 5.75 Å². The van der Waals surface area contributed by atoms with Crippen molar-refractivity contribution in [2.45, 2.75) is 51.6 Å². The largest absolute Gasteiger partial charge is 0.497 e. The number of hydrogen-bond donors (Lipinski definition) is 2. The third-order valence-corrected chi connectivity index (χ3v) is 4.89. The molecule has 1 heterocycles. The van der Waals surface area contributed by atoms with Crippen LogP contribution in [0.3, 0.4) is 0 Å². The Labute approximate surface area is 152 Å². The fourth-order valence-corrected chi connectivity index (χ4v) is 3.28. The summed E-state index contributed by atoms with van der Waals surface area (Å²) in [6, 6.07) is 9.46. The lowest BCUT2D eigenvalue weighted by Gasteiger charge is -2.35. The summed E-state index contributed by atoms with van der Waals surface area (Å²) in [5.41, 5.74) is 1.31. The van der Waals surface area contributed by atoms with E-state index in [1.807, 2.05) is 19.2 Å². The van der Waals surface area contributed by atoms with Gasteiger partial charge in [-0.15, -0.1) is 0 Å². The number of aryl methyl sites for hydroxylation is 1. The zero-order chi connectivity index (χ0) is 18.1. The Hall–Kier alpha value is -1.75. The van der Waals surface area contributed by atoms with Crippen LogP contribution in [0.4, 0.5) is 0 Å². The van der Waals surface area contributed by atoms with Gasteiger partial charge in [-0.05, 0) is 57.2 Å². The molecule has 0 atom stereocenters. The molecule has 1 aromatic rings. The monoisotopic (exact) mass is 346 g/mol. The lowest BCUT2D eigenvalue weighted by atomic mass is 10.0. The second-order valence-electron chi connectivity index (χ2n) is 7.00. The number of methoxy groups -OCH3 is 1. The van der Waals surface area contributed by atoms with Gasteiger partial charge in [0.05, 0.1) is 7.11 Å². The van der Waals surface area contributed by atoms with Crippen molar-refractivity contribution in [2.75, 3.05) is 33.8 Å². The Bertz CT molecular complexity index is 536. The number of benzene rings is 1. The van der Waals surface area contributed by atoms with Gasteiger partial charge in [0.15, 0.2) is 5.96 Å². The highest BCUT2D eigenvalue weighted by Gasteiger charge is 2.21. The average molecular weight is 347 g/mol.